The first-order valence-electron chi connectivity index (χ1n) is 4.26. The summed E-state index contributed by atoms with van der Waals surface area (Å²) in [5, 5.41) is 1.05. The van der Waals surface area contributed by atoms with Crippen LogP contribution in [0.25, 0.3) is 10.9 Å². The van der Waals surface area contributed by atoms with Crippen molar-refractivity contribution < 1.29 is 13.5 Å². The van der Waals surface area contributed by atoms with Gasteiger partial charge in [-0.05, 0) is 34.1 Å². The van der Waals surface area contributed by atoms with E-state index in [2.05, 4.69) is 25.7 Å². The maximum atomic E-state index is 12.0. The van der Waals surface area contributed by atoms with Crippen LogP contribution in [0.1, 0.15) is 0 Å². The molecule has 1 aromatic carbocycles. The highest BCUT2D eigenvalue weighted by Crippen LogP contribution is 2.32. The van der Waals surface area contributed by atoms with Crippen molar-refractivity contribution in [3.05, 3.63) is 33.9 Å². The maximum Gasteiger partial charge on any atom is 0.387 e. The number of rotatable bonds is 2. The SMILES string of the molecule is FC(F)Oc1ccc2ncc(Cl)c(Br)c2c1. The van der Waals surface area contributed by atoms with Gasteiger partial charge in [-0.2, -0.15) is 8.78 Å². The molecule has 84 valence electrons. The highest BCUT2D eigenvalue weighted by molar-refractivity contribution is 9.10. The van der Waals surface area contributed by atoms with Gasteiger partial charge in [0.25, 0.3) is 0 Å². The lowest BCUT2D eigenvalue weighted by Gasteiger charge is -2.06. The van der Waals surface area contributed by atoms with Gasteiger partial charge in [-0.1, -0.05) is 11.6 Å². The Hall–Kier alpha value is -0.940. The van der Waals surface area contributed by atoms with Crippen molar-refractivity contribution in [2.75, 3.05) is 0 Å². The molecule has 0 spiro atoms. The van der Waals surface area contributed by atoms with E-state index in [-0.39, 0.29) is 5.75 Å². The Morgan fingerprint density at radius 3 is 2.81 bits per heavy atom. The second-order valence-electron chi connectivity index (χ2n) is 2.98. The zero-order chi connectivity index (χ0) is 11.7. The van der Waals surface area contributed by atoms with Crippen molar-refractivity contribution in [2.45, 2.75) is 6.61 Å². The van der Waals surface area contributed by atoms with Crippen LogP contribution in [-0.2, 0) is 0 Å². The Kier molecular flexibility index (Phi) is 3.25. The fraction of sp³-hybridized carbons (Fsp3) is 0.100. The highest BCUT2D eigenvalue weighted by Gasteiger charge is 2.08. The number of pyridine rings is 1. The van der Waals surface area contributed by atoms with E-state index in [1.807, 2.05) is 0 Å². The van der Waals surface area contributed by atoms with Gasteiger partial charge < -0.3 is 4.74 Å². The summed E-state index contributed by atoms with van der Waals surface area (Å²) >= 11 is 9.11. The minimum Gasteiger partial charge on any atom is -0.435 e. The van der Waals surface area contributed by atoms with E-state index in [0.29, 0.717) is 20.4 Å². The highest BCUT2D eigenvalue weighted by atomic mass is 79.9. The molecular weight excluding hydrogens is 303 g/mol. The molecule has 0 N–H and O–H groups in total. The van der Waals surface area contributed by atoms with Crippen LogP contribution in [0.5, 0.6) is 5.75 Å². The van der Waals surface area contributed by atoms with Crippen LogP contribution in [0.4, 0.5) is 8.78 Å². The monoisotopic (exact) mass is 307 g/mol. The molecule has 2 aromatic rings. The lowest BCUT2D eigenvalue weighted by atomic mass is 10.2. The molecule has 0 unspecified atom stereocenters. The summed E-state index contributed by atoms with van der Waals surface area (Å²) < 4.78 is 29.0. The van der Waals surface area contributed by atoms with E-state index in [4.69, 9.17) is 11.6 Å². The molecule has 2 rings (SSSR count). The number of halogens is 4. The number of hydrogen-bond donors (Lipinski definition) is 0. The van der Waals surface area contributed by atoms with Gasteiger partial charge in [-0.3, -0.25) is 4.98 Å². The maximum absolute atomic E-state index is 12.0. The molecule has 6 heteroatoms. The van der Waals surface area contributed by atoms with Gasteiger partial charge in [-0.25, -0.2) is 0 Å². The van der Waals surface area contributed by atoms with E-state index in [9.17, 15) is 8.78 Å². The van der Waals surface area contributed by atoms with E-state index >= 15 is 0 Å². The summed E-state index contributed by atoms with van der Waals surface area (Å²) in [6, 6.07) is 4.49. The molecular formula is C10H5BrClF2NO. The number of ether oxygens (including phenoxy) is 1. The Balaban J connectivity index is 2.55. The number of aromatic nitrogens is 1. The first-order chi connectivity index (χ1) is 7.58. The van der Waals surface area contributed by atoms with Crippen molar-refractivity contribution in [3.63, 3.8) is 0 Å². The second-order valence-corrected chi connectivity index (χ2v) is 4.18. The van der Waals surface area contributed by atoms with E-state index in [1.165, 1.54) is 18.3 Å². The number of fused-ring (bicyclic) bond motifs is 1. The summed E-state index contributed by atoms with van der Waals surface area (Å²) in [5.74, 6) is 0.0762. The van der Waals surface area contributed by atoms with Crippen LogP contribution in [-0.4, -0.2) is 11.6 Å². The standard InChI is InChI=1S/C10H5BrClF2NO/c11-9-6-3-5(16-10(13)14)1-2-8(6)15-4-7(9)12/h1-4,10H. The summed E-state index contributed by atoms with van der Waals surface area (Å²) in [6.07, 6.45) is 1.49. The Morgan fingerprint density at radius 2 is 2.12 bits per heavy atom. The van der Waals surface area contributed by atoms with Crippen LogP contribution in [0.15, 0.2) is 28.9 Å². The molecule has 0 aliphatic carbocycles. The molecule has 0 aliphatic rings. The number of alkyl halides is 2. The Labute approximate surface area is 103 Å². The predicted octanol–water partition coefficient (Wildman–Crippen LogP) is 4.25. The van der Waals surface area contributed by atoms with Gasteiger partial charge >= 0.3 is 6.61 Å². The summed E-state index contributed by atoms with van der Waals surface area (Å²) in [4.78, 5) is 4.06. The molecule has 0 aliphatic heterocycles. The van der Waals surface area contributed by atoms with Gasteiger partial charge in [-0.15, -0.1) is 0 Å². The van der Waals surface area contributed by atoms with Gasteiger partial charge in [0, 0.05) is 16.1 Å². The lowest BCUT2D eigenvalue weighted by molar-refractivity contribution is -0.0497. The van der Waals surface area contributed by atoms with E-state index in [0.717, 1.165) is 0 Å². The third-order valence-electron chi connectivity index (χ3n) is 1.96. The van der Waals surface area contributed by atoms with Crippen molar-refractivity contribution in [1.29, 1.82) is 0 Å². The van der Waals surface area contributed by atoms with Crippen molar-refractivity contribution >= 4 is 38.4 Å². The Bertz CT molecular complexity index is 535. The van der Waals surface area contributed by atoms with Gasteiger partial charge in [0.1, 0.15) is 5.75 Å². The molecule has 0 saturated heterocycles. The number of benzene rings is 1. The second kappa shape index (κ2) is 4.51. The smallest absolute Gasteiger partial charge is 0.387 e. The largest absolute Gasteiger partial charge is 0.435 e. The van der Waals surface area contributed by atoms with Gasteiger partial charge in [0.15, 0.2) is 0 Å². The first kappa shape index (κ1) is 11.5. The van der Waals surface area contributed by atoms with Crippen molar-refractivity contribution in [2.24, 2.45) is 0 Å². The van der Waals surface area contributed by atoms with Crippen molar-refractivity contribution in [1.82, 2.24) is 4.98 Å². The van der Waals surface area contributed by atoms with Crippen LogP contribution in [0.3, 0.4) is 0 Å². The third kappa shape index (κ3) is 2.25. The minimum atomic E-state index is -2.84. The molecule has 0 bridgehead atoms. The predicted molar refractivity (Wildman–Crippen MR) is 61.1 cm³/mol. The zero-order valence-electron chi connectivity index (χ0n) is 7.75. The average molecular weight is 309 g/mol. The summed E-state index contributed by atoms with van der Waals surface area (Å²) in [5.41, 5.74) is 0.651. The fourth-order valence-electron chi connectivity index (χ4n) is 1.29. The zero-order valence-corrected chi connectivity index (χ0v) is 10.1. The number of hydrogen-bond acceptors (Lipinski definition) is 2. The van der Waals surface area contributed by atoms with Crippen molar-refractivity contribution in [3.8, 4) is 5.75 Å². The van der Waals surface area contributed by atoms with Crippen LogP contribution in [0.2, 0.25) is 5.02 Å². The lowest BCUT2D eigenvalue weighted by Crippen LogP contribution is -2.01. The molecule has 0 fully saturated rings. The quantitative estimate of drug-likeness (QED) is 0.827. The summed E-state index contributed by atoms with van der Waals surface area (Å²) in [7, 11) is 0. The van der Waals surface area contributed by atoms with E-state index < -0.39 is 6.61 Å². The van der Waals surface area contributed by atoms with E-state index in [1.54, 1.807) is 6.07 Å². The minimum absolute atomic E-state index is 0.0762. The van der Waals surface area contributed by atoms with Gasteiger partial charge in [0.2, 0.25) is 0 Å². The Morgan fingerprint density at radius 1 is 1.38 bits per heavy atom. The molecule has 0 radical (unpaired) electrons. The molecule has 0 amide bonds. The molecule has 1 aromatic heterocycles. The first-order valence-corrected chi connectivity index (χ1v) is 5.43. The topological polar surface area (TPSA) is 22.1 Å². The molecule has 2 nitrogen and oxygen atoms in total. The average Bonchev–Trinajstić information content (AvgIpc) is 2.23. The molecule has 1 heterocycles. The third-order valence-corrected chi connectivity index (χ3v) is 3.33. The van der Waals surface area contributed by atoms with Gasteiger partial charge in [0.05, 0.1) is 10.5 Å². The van der Waals surface area contributed by atoms with Crippen LogP contribution in [0, 0.1) is 0 Å². The number of nitrogens with zero attached hydrogens (tertiary/aromatic N) is 1. The molecule has 0 saturated carbocycles. The van der Waals surface area contributed by atoms with Crippen LogP contribution < -0.4 is 4.74 Å². The molecule has 0 atom stereocenters. The van der Waals surface area contributed by atoms with Crippen LogP contribution >= 0.6 is 27.5 Å². The fourth-order valence-corrected chi connectivity index (χ4v) is 1.86. The molecule has 16 heavy (non-hydrogen) atoms. The summed E-state index contributed by atoms with van der Waals surface area (Å²) in [6.45, 7) is -2.84. The normalized spacial score (nSPS) is 11.1.